The number of halogens is 1. The zero-order valence-corrected chi connectivity index (χ0v) is 13.5. The van der Waals surface area contributed by atoms with E-state index in [1.54, 1.807) is 0 Å². The Balaban J connectivity index is 2.89. The van der Waals surface area contributed by atoms with Gasteiger partial charge in [-0.15, -0.1) is 0 Å². The molecular formula is C13H19BrN2O6. The second-order valence-electron chi connectivity index (χ2n) is 4.76. The highest BCUT2D eigenvalue weighted by Gasteiger charge is 2.25. The number of benzene rings is 1. The summed E-state index contributed by atoms with van der Waals surface area (Å²) in [5.41, 5.74) is 0.803. The first-order valence-corrected chi connectivity index (χ1v) is 7.46. The number of aliphatic hydroxyl groups excluding tert-OH is 4. The van der Waals surface area contributed by atoms with Gasteiger partial charge in [-0.25, -0.2) is 0 Å². The van der Waals surface area contributed by atoms with Crippen molar-refractivity contribution in [3.63, 3.8) is 0 Å². The number of aryl methyl sites for hydroxylation is 1. The van der Waals surface area contributed by atoms with Crippen LogP contribution in [0.15, 0.2) is 16.6 Å². The monoisotopic (exact) mass is 378 g/mol. The predicted molar refractivity (Wildman–Crippen MR) is 83.8 cm³/mol. The molecule has 0 fully saturated rings. The molecule has 0 amide bonds. The first-order valence-electron chi connectivity index (χ1n) is 6.67. The first kappa shape index (κ1) is 18.8. The van der Waals surface area contributed by atoms with Gasteiger partial charge in [-0.1, -0.05) is 22.9 Å². The van der Waals surface area contributed by atoms with Crippen LogP contribution >= 0.6 is 15.9 Å². The lowest BCUT2D eigenvalue weighted by molar-refractivity contribution is -0.384. The highest BCUT2D eigenvalue weighted by atomic mass is 79.9. The molecule has 0 unspecified atom stereocenters. The number of hydrogen-bond donors (Lipinski definition) is 5. The smallest absolute Gasteiger partial charge is 0.292 e. The maximum Gasteiger partial charge on any atom is 0.292 e. The fraction of sp³-hybridized carbons (Fsp3) is 0.538. The number of nitrogens with one attached hydrogen (secondary N) is 1. The number of rotatable bonds is 8. The molecule has 8 nitrogen and oxygen atoms in total. The van der Waals surface area contributed by atoms with Gasteiger partial charge in [-0.2, -0.15) is 0 Å². The van der Waals surface area contributed by atoms with Crippen LogP contribution < -0.4 is 5.32 Å². The van der Waals surface area contributed by atoms with E-state index in [0.717, 1.165) is 5.56 Å². The topological polar surface area (TPSA) is 136 Å². The zero-order chi connectivity index (χ0) is 16.9. The Kier molecular flexibility index (Phi) is 7.17. The largest absolute Gasteiger partial charge is 0.394 e. The molecular weight excluding hydrogens is 360 g/mol. The van der Waals surface area contributed by atoms with E-state index in [2.05, 4.69) is 21.2 Å². The molecule has 0 saturated heterocycles. The van der Waals surface area contributed by atoms with Gasteiger partial charge in [0.1, 0.15) is 17.9 Å². The Labute approximate surface area is 135 Å². The lowest BCUT2D eigenvalue weighted by atomic mass is 10.1. The van der Waals surface area contributed by atoms with E-state index in [9.17, 15) is 25.4 Å². The summed E-state index contributed by atoms with van der Waals surface area (Å²) in [6, 6.07) is 2.95. The highest BCUT2D eigenvalue weighted by Crippen LogP contribution is 2.31. The minimum absolute atomic E-state index is 0.149. The van der Waals surface area contributed by atoms with Crippen LogP contribution in [0, 0.1) is 10.1 Å². The van der Waals surface area contributed by atoms with Crippen LogP contribution in [0.5, 0.6) is 0 Å². The van der Waals surface area contributed by atoms with Crippen molar-refractivity contribution in [2.45, 2.75) is 31.7 Å². The van der Waals surface area contributed by atoms with Crippen LogP contribution in [0.3, 0.4) is 0 Å². The van der Waals surface area contributed by atoms with Gasteiger partial charge in [-0.3, -0.25) is 10.1 Å². The molecule has 0 saturated carbocycles. The molecule has 124 valence electrons. The van der Waals surface area contributed by atoms with Gasteiger partial charge in [0.15, 0.2) is 0 Å². The maximum atomic E-state index is 11.1. The van der Waals surface area contributed by atoms with Gasteiger partial charge in [0.25, 0.3) is 5.69 Å². The molecule has 1 rings (SSSR count). The van der Waals surface area contributed by atoms with Crippen LogP contribution in [-0.4, -0.2) is 56.8 Å². The van der Waals surface area contributed by atoms with E-state index >= 15 is 0 Å². The molecule has 0 aromatic heterocycles. The molecule has 22 heavy (non-hydrogen) atoms. The average Bonchev–Trinajstić information content (AvgIpc) is 2.50. The van der Waals surface area contributed by atoms with Crippen molar-refractivity contribution in [2.75, 3.05) is 18.5 Å². The predicted octanol–water partition coefficient (Wildman–Crippen LogP) is 0.407. The van der Waals surface area contributed by atoms with E-state index in [1.807, 2.05) is 6.92 Å². The standard InChI is InChI=1S/C13H19BrN2O6/c1-2-7-3-10(16(21)22)9(4-8(7)14)15-5-11(18)13(20)12(19)6-17/h3-4,11-13,15,17-20H,2,5-6H2,1H3/t11-,12+,13-/m0/s1. The number of nitro benzene ring substituents is 1. The Morgan fingerprint density at radius 1 is 1.32 bits per heavy atom. The summed E-state index contributed by atoms with van der Waals surface area (Å²) < 4.78 is 0.688. The van der Waals surface area contributed by atoms with Gasteiger partial charge in [0.05, 0.1) is 17.6 Å². The quantitative estimate of drug-likeness (QED) is 0.326. The Bertz CT molecular complexity index is 527. The van der Waals surface area contributed by atoms with E-state index in [1.165, 1.54) is 12.1 Å². The van der Waals surface area contributed by atoms with Crippen LogP contribution in [-0.2, 0) is 6.42 Å². The fourth-order valence-corrected chi connectivity index (χ4v) is 2.49. The number of anilines is 1. The van der Waals surface area contributed by atoms with Crippen molar-refractivity contribution in [1.82, 2.24) is 0 Å². The lowest BCUT2D eigenvalue weighted by Gasteiger charge is -2.22. The van der Waals surface area contributed by atoms with Crippen molar-refractivity contribution in [3.8, 4) is 0 Å². The summed E-state index contributed by atoms with van der Waals surface area (Å²) in [6.07, 6.45) is -3.83. The third-order valence-electron chi connectivity index (χ3n) is 3.22. The first-order chi connectivity index (χ1) is 10.3. The lowest BCUT2D eigenvalue weighted by Crippen LogP contribution is -2.42. The number of nitrogens with zero attached hydrogens (tertiary/aromatic N) is 1. The van der Waals surface area contributed by atoms with Gasteiger partial charge in [0.2, 0.25) is 0 Å². The summed E-state index contributed by atoms with van der Waals surface area (Å²) in [5, 5.41) is 51.0. The summed E-state index contributed by atoms with van der Waals surface area (Å²) in [6.45, 7) is 0.944. The van der Waals surface area contributed by atoms with Crippen molar-refractivity contribution in [1.29, 1.82) is 0 Å². The average molecular weight is 379 g/mol. The second-order valence-corrected chi connectivity index (χ2v) is 5.61. The second kappa shape index (κ2) is 8.39. The molecule has 5 N–H and O–H groups in total. The van der Waals surface area contributed by atoms with Crippen molar-refractivity contribution in [3.05, 3.63) is 32.3 Å². The molecule has 0 aliphatic carbocycles. The summed E-state index contributed by atoms with van der Waals surface area (Å²) in [4.78, 5) is 10.6. The summed E-state index contributed by atoms with van der Waals surface area (Å²) >= 11 is 3.31. The fourth-order valence-electron chi connectivity index (χ4n) is 1.87. The minimum atomic E-state index is -1.56. The molecule has 1 aromatic rings. The molecule has 0 heterocycles. The van der Waals surface area contributed by atoms with E-state index in [0.29, 0.717) is 10.9 Å². The normalized spacial score (nSPS) is 15.2. The van der Waals surface area contributed by atoms with Crippen molar-refractivity contribution in [2.24, 2.45) is 0 Å². The Morgan fingerprint density at radius 2 is 1.95 bits per heavy atom. The molecule has 0 aliphatic rings. The number of nitro groups is 1. The van der Waals surface area contributed by atoms with Gasteiger partial charge < -0.3 is 25.7 Å². The maximum absolute atomic E-state index is 11.1. The van der Waals surface area contributed by atoms with E-state index < -0.39 is 29.8 Å². The Hall–Kier alpha value is -1.26. The van der Waals surface area contributed by atoms with Gasteiger partial charge in [-0.05, 0) is 18.1 Å². The molecule has 0 spiro atoms. The van der Waals surface area contributed by atoms with Crippen LogP contribution in [0.1, 0.15) is 12.5 Å². The van der Waals surface area contributed by atoms with Crippen molar-refractivity contribution < 1.29 is 25.3 Å². The highest BCUT2D eigenvalue weighted by molar-refractivity contribution is 9.10. The minimum Gasteiger partial charge on any atom is -0.394 e. The molecule has 9 heteroatoms. The Morgan fingerprint density at radius 3 is 2.45 bits per heavy atom. The number of aliphatic hydroxyl groups is 4. The molecule has 1 aromatic carbocycles. The molecule has 0 aliphatic heterocycles. The van der Waals surface area contributed by atoms with E-state index in [-0.39, 0.29) is 17.9 Å². The van der Waals surface area contributed by atoms with Gasteiger partial charge in [0, 0.05) is 17.1 Å². The van der Waals surface area contributed by atoms with Crippen molar-refractivity contribution >= 4 is 27.3 Å². The number of hydrogen-bond acceptors (Lipinski definition) is 7. The van der Waals surface area contributed by atoms with Gasteiger partial charge >= 0.3 is 0 Å². The molecule has 0 radical (unpaired) electrons. The zero-order valence-electron chi connectivity index (χ0n) is 11.9. The molecule has 3 atom stereocenters. The summed E-state index contributed by atoms with van der Waals surface area (Å²) in [5.74, 6) is 0. The van der Waals surface area contributed by atoms with Crippen LogP contribution in [0.2, 0.25) is 0 Å². The third-order valence-corrected chi connectivity index (χ3v) is 3.96. The summed E-state index contributed by atoms with van der Waals surface area (Å²) in [7, 11) is 0. The van der Waals surface area contributed by atoms with E-state index in [4.69, 9.17) is 5.11 Å². The van der Waals surface area contributed by atoms with Crippen LogP contribution in [0.25, 0.3) is 0 Å². The third kappa shape index (κ3) is 4.62. The molecule has 0 bridgehead atoms. The van der Waals surface area contributed by atoms with Crippen LogP contribution in [0.4, 0.5) is 11.4 Å². The SMILES string of the molecule is CCc1cc([N+](=O)[O-])c(NC[C@H](O)[C@H](O)[C@H](O)CO)cc1Br.